The highest BCUT2D eigenvalue weighted by Crippen LogP contribution is 2.29. The fraction of sp³-hybridized carbons (Fsp3) is 0.571. The highest BCUT2D eigenvalue weighted by Gasteiger charge is 2.17. The first kappa shape index (κ1) is 14.7. The summed E-state index contributed by atoms with van der Waals surface area (Å²) in [6.45, 7) is 0.474. The van der Waals surface area contributed by atoms with Gasteiger partial charge in [-0.25, -0.2) is 8.78 Å². The number of nitro benzene ring substituents is 1. The van der Waals surface area contributed by atoms with Gasteiger partial charge < -0.3 is 5.32 Å². The number of nitro groups is 1. The number of hydrogen-bond acceptors (Lipinski definition) is 3. The van der Waals surface area contributed by atoms with Crippen molar-refractivity contribution in [3.8, 4) is 0 Å². The minimum absolute atomic E-state index is 0.276. The Morgan fingerprint density at radius 2 is 1.85 bits per heavy atom. The summed E-state index contributed by atoms with van der Waals surface area (Å²) in [4.78, 5) is 9.67. The van der Waals surface area contributed by atoms with E-state index in [1.807, 2.05) is 0 Å². The van der Waals surface area contributed by atoms with Gasteiger partial charge >= 0.3 is 0 Å². The van der Waals surface area contributed by atoms with E-state index in [0.29, 0.717) is 6.54 Å². The second kappa shape index (κ2) is 6.63. The van der Waals surface area contributed by atoms with Crippen molar-refractivity contribution in [2.45, 2.75) is 38.5 Å². The molecule has 0 atom stereocenters. The van der Waals surface area contributed by atoms with E-state index in [4.69, 9.17) is 0 Å². The predicted octanol–water partition coefficient (Wildman–Crippen LogP) is 4.26. The van der Waals surface area contributed by atoms with Gasteiger partial charge in [0.25, 0.3) is 5.69 Å². The summed E-state index contributed by atoms with van der Waals surface area (Å²) >= 11 is 0. The van der Waals surface area contributed by atoms with Crippen LogP contribution in [0.25, 0.3) is 0 Å². The highest BCUT2D eigenvalue weighted by atomic mass is 19.1. The molecule has 1 fully saturated rings. The van der Waals surface area contributed by atoms with Gasteiger partial charge in [-0.1, -0.05) is 25.7 Å². The van der Waals surface area contributed by atoms with Gasteiger partial charge in [-0.2, -0.15) is 0 Å². The fourth-order valence-electron chi connectivity index (χ4n) is 2.74. The van der Waals surface area contributed by atoms with E-state index < -0.39 is 22.2 Å². The molecule has 4 nitrogen and oxygen atoms in total. The normalized spacial score (nSPS) is 15.5. The third-order valence-electron chi connectivity index (χ3n) is 3.80. The molecule has 6 heteroatoms. The van der Waals surface area contributed by atoms with Gasteiger partial charge in [0.1, 0.15) is 5.69 Å². The topological polar surface area (TPSA) is 55.2 Å². The van der Waals surface area contributed by atoms with Gasteiger partial charge in [-0.3, -0.25) is 10.1 Å². The lowest BCUT2D eigenvalue weighted by Gasteiger charge is -2.11. The molecule has 0 aromatic heterocycles. The summed E-state index contributed by atoms with van der Waals surface area (Å²) < 4.78 is 27.2. The van der Waals surface area contributed by atoms with E-state index in [-0.39, 0.29) is 5.69 Å². The number of rotatable bonds is 6. The molecule has 0 radical (unpaired) electrons. The number of benzene rings is 1. The Morgan fingerprint density at radius 1 is 1.25 bits per heavy atom. The molecule has 1 aliphatic rings. The first-order valence-corrected chi connectivity index (χ1v) is 6.95. The summed E-state index contributed by atoms with van der Waals surface area (Å²) in [5.74, 6) is -1.10. The Kier molecular flexibility index (Phi) is 4.87. The molecule has 2 rings (SSSR count). The molecule has 1 aromatic rings. The molecule has 0 spiro atoms. The number of anilines is 1. The van der Waals surface area contributed by atoms with Gasteiger partial charge in [0.2, 0.25) is 0 Å². The zero-order chi connectivity index (χ0) is 14.5. The number of hydrogen-bond donors (Lipinski definition) is 1. The Morgan fingerprint density at radius 3 is 2.40 bits per heavy atom. The Balaban J connectivity index is 1.87. The van der Waals surface area contributed by atoms with Crippen LogP contribution in [0.3, 0.4) is 0 Å². The Labute approximate surface area is 116 Å². The van der Waals surface area contributed by atoms with Crippen LogP contribution < -0.4 is 5.32 Å². The van der Waals surface area contributed by atoms with Crippen LogP contribution in [-0.4, -0.2) is 11.5 Å². The largest absolute Gasteiger partial charge is 0.380 e. The van der Waals surface area contributed by atoms with Crippen molar-refractivity contribution in [3.05, 3.63) is 33.9 Å². The summed E-state index contributed by atoms with van der Waals surface area (Å²) in [6, 6.07) is 1.48. The van der Waals surface area contributed by atoms with Crippen LogP contribution in [0, 0.1) is 27.7 Å². The van der Waals surface area contributed by atoms with Crippen molar-refractivity contribution in [2.75, 3.05) is 11.9 Å². The Bertz CT molecular complexity index is 465. The van der Waals surface area contributed by atoms with E-state index in [9.17, 15) is 18.9 Å². The molecule has 1 aromatic carbocycles. The molecule has 0 unspecified atom stereocenters. The maximum Gasteiger partial charge on any atom is 0.275 e. The second-order valence-electron chi connectivity index (χ2n) is 5.26. The number of nitrogens with zero attached hydrogens (tertiary/aromatic N) is 1. The van der Waals surface area contributed by atoms with E-state index in [1.165, 1.54) is 25.7 Å². The van der Waals surface area contributed by atoms with E-state index in [0.717, 1.165) is 30.9 Å². The zero-order valence-electron chi connectivity index (χ0n) is 11.2. The summed E-state index contributed by atoms with van der Waals surface area (Å²) in [6.07, 6.45) is 6.97. The molecule has 1 aliphatic carbocycles. The molecule has 20 heavy (non-hydrogen) atoms. The lowest BCUT2D eigenvalue weighted by molar-refractivity contribution is -0.385. The summed E-state index contributed by atoms with van der Waals surface area (Å²) in [5.41, 5.74) is -0.849. The monoisotopic (exact) mass is 284 g/mol. The first-order valence-electron chi connectivity index (χ1n) is 6.95. The van der Waals surface area contributed by atoms with E-state index >= 15 is 0 Å². The van der Waals surface area contributed by atoms with Crippen LogP contribution in [0.2, 0.25) is 0 Å². The van der Waals surface area contributed by atoms with Crippen LogP contribution in [0.5, 0.6) is 0 Å². The average molecular weight is 284 g/mol. The van der Waals surface area contributed by atoms with Gasteiger partial charge in [-0.15, -0.1) is 0 Å². The fourth-order valence-corrected chi connectivity index (χ4v) is 2.74. The van der Waals surface area contributed by atoms with Gasteiger partial charge in [0, 0.05) is 6.54 Å². The maximum absolute atomic E-state index is 13.6. The van der Waals surface area contributed by atoms with E-state index in [2.05, 4.69) is 5.32 Å². The summed E-state index contributed by atoms with van der Waals surface area (Å²) in [7, 11) is 0. The molecule has 0 saturated heterocycles. The third-order valence-corrected chi connectivity index (χ3v) is 3.80. The average Bonchev–Trinajstić information content (AvgIpc) is 2.89. The molecule has 0 heterocycles. The second-order valence-corrected chi connectivity index (χ2v) is 5.26. The minimum atomic E-state index is -0.919. The van der Waals surface area contributed by atoms with Crippen LogP contribution in [-0.2, 0) is 0 Å². The lowest BCUT2D eigenvalue weighted by Crippen LogP contribution is -2.08. The Hall–Kier alpha value is -1.72. The van der Waals surface area contributed by atoms with Crippen molar-refractivity contribution in [1.29, 1.82) is 0 Å². The zero-order valence-corrected chi connectivity index (χ0v) is 11.2. The molecule has 0 bridgehead atoms. The molecular weight excluding hydrogens is 266 g/mol. The minimum Gasteiger partial charge on any atom is -0.380 e. The van der Waals surface area contributed by atoms with Crippen molar-refractivity contribution in [3.63, 3.8) is 0 Å². The SMILES string of the molecule is O=[N+]([O-])c1cc(F)c(NCCCC2CCCC2)c(F)c1. The third kappa shape index (κ3) is 3.65. The van der Waals surface area contributed by atoms with Crippen molar-refractivity contribution in [1.82, 2.24) is 0 Å². The van der Waals surface area contributed by atoms with Crippen LogP contribution in [0.4, 0.5) is 20.2 Å². The molecular formula is C14H18F2N2O2. The quantitative estimate of drug-likeness (QED) is 0.482. The molecule has 1 N–H and O–H groups in total. The van der Waals surface area contributed by atoms with Gasteiger partial charge in [0.05, 0.1) is 17.1 Å². The highest BCUT2D eigenvalue weighted by molar-refractivity contribution is 5.51. The van der Waals surface area contributed by atoms with Crippen molar-refractivity contribution >= 4 is 11.4 Å². The van der Waals surface area contributed by atoms with Gasteiger partial charge in [-0.05, 0) is 18.8 Å². The number of nitrogens with one attached hydrogen (secondary N) is 1. The lowest BCUT2D eigenvalue weighted by atomic mass is 10.0. The molecule has 0 amide bonds. The molecule has 0 aliphatic heterocycles. The summed E-state index contributed by atoms with van der Waals surface area (Å²) in [5, 5.41) is 13.2. The standard InChI is InChI=1S/C14H18F2N2O2/c15-12-8-11(18(19)20)9-13(16)14(12)17-7-3-6-10-4-1-2-5-10/h8-10,17H,1-7H2. The first-order chi connectivity index (χ1) is 9.58. The maximum atomic E-state index is 13.6. The molecule has 1 saturated carbocycles. The predicted molar refractivity (Wildman–Crippen MR) is 72.7 cm³/mol. The van der Waals surface area contributed by atoms with Crippen LogP contribution in [0.1, 0.15) is 38.5 Å². The molecule has 110 valence electrons. The van der Waals surface area contributed by atoms with Crippen molar-refractivity contribution in [2.24, 2.45) is 5.92 Å². The number of halogens is 2. The number of non-ortho nitro benzene ring substituents is 1. The van der Waals surface area contributed by atoms with Gasteiger partial charge in [0.15, 0.2) is 11.6 Å². The van der Waals surface area contributed by atoms with Crippen molar-refractivity contribution < 1.29 is 13.7 Å². The van der Waals surface area contributed by atoms with Crippen LogP contribution in [0.15, 0.2) is 12.1 Å². The van der Waals surface area contributed by atoms with Crippen LogP contribution >= 0.6 is 0 Å². The van der Waals surface area contributed by atoms with E-state index in [1.54, 1.807) is 0 Å². The smallest absolute Gasteiger partial charge is 0.275 e.